The van der Waals surface area contributed by atoms with E-state index in [1.165, 1.54) is 18.7 Å². The first-order chi connectivity index (χ1) is 10.4. The van der Waals surface area contributed by atoms with Crippen molar-refractivity contribution in [1.82, 2.24) is 0 Å². The number of rotatable bonds is 3. The number of amidine groups is 1. The highest BCUT2D eigenvalue weighted by Gasteiger charge is 2.47. The Labute approximate surface area is 138 Å². The molecule has 8 heteroatoms. The van der Waals surface area contributed by atoms with Crippen LogP contribution in [0.1, 0.15) is 6.92 Å². The van der Waals surface area contributed by atoms with Gasteiger partial charge in [-0.05, 0) is 25.1 Å². The normalized spacial score (nSPS) is 25.9. The summed E-state index contributed by atoms with van der Waals surface area (Å²) in [5.74, 6) is 0.530. The van der Waals surface area contributed by atoms with Gasteiger partial charge in [-0.15, -0.1) is 0 Å². The van der Waals surface area contributed by atoms with E-state index in [1.807, 2.05) is 17.0 Å². The molecule has 118 valence electrons. The van der Waals surface area contributed by atoms with Gasteiger partial charge < -0.3 is 4.90 Å². The minimum Gasteiger partial charge on any atom is -0.315 e. The second-order valence-electron chi connectivity index (χ2n) is 5.46. The molecule has 22 heavy (non-hydrogen) atoms. The first-order valence-electron chi connectivity index (χ1n) is 6.81. The Hall–Kier alpha value is -1.05. The van der Waals surface area contributed by atoms with E-state index in [1.54, 1.807) is 12.1 Å². The molecule has 0 radical (unpaired) electrons. The third-order valence-electron chi connectivity index (χ3n) is 3.60. The maximum absolute atomic E-state index is 11.9. The van der Waals surface area contributed by atoms with Crippen LogP contribution in [0.15, 0.2) is 29.3 Å². The summed E-state index contributed by atoms with van der Waals surface area (Å²) < 4.78 is 23.8. The van der Waals surface area contributed by atoms with E-state index >= 15 is 0 Å². The molecule has 5 nitrogen and oxygen atoms in total. The number of carbonyl (C=O) groups is 1. The van der Waals surface area contributed by atoms with Crippen LogP contribution in [0.5, 0.6) is 0 Å². The van der Waals surface area contributed by atoms with Crippen molar-refractivity contribution in [2.45, 2.75) is 19.0 Å². The van der Waals surface area contributed by atoms with Gasteiger partial charge in [0.05, 0.1) is 29.3 Å². The third-order valence-corrected chi connectivity index (χ3v) is 6.64. The van der Waals surface area contributed by atoms with Gasteiger partial charge in [0.15, 0.2) is 15.0 Å². The number of fused-ring (bicyclic) bond motifs is 1. The predicted octanol–water partition coefficient (Wildman–Crippen LogP) is 2.00. The average Bonchev–Trinajstić information content (AvgIpc) is 2.87. The van der Waals surface area contributed by atoms with Crippen molar-refractivity contribution in [1.29, 1.82) is 0 Å². The zero-order valence-corrected chi connectivity index (χ0v) is 14.3. The summed E-state index contributed by atoms with van der Waals surface area (Å²) in [4.78, 5) is 17.7. The first kappa shape index (κ1) is 15.8. The Morgan fingerprint density at radius 1 is 1.45 bits per heavy atom. The number of nitrogens with zero attached hydrogens (tertiary/aromatic N) is 2. The molecule has 0 aromatic heterocycles. The second kappa shape index (κ2) is 5.86. The smallest absolute Gasteiger partial charge is 0.164 e. The van der Waals surface area contributed by atoms with Gasteiger partial charge in [-0.1, -0.05) is 29.4 Å². The summed E-state index contributed by atoms with van der Waals surface area (Å²) in [5, 5.41) is 1.28. The summed E-state index contributed by atoms with van der Waals surface area (Å²) in [6.45, 7) is 1.53. The molecule has 2 heterocycles. The number of Topliss-reactive ketones (excluding diaryl/α,β-unsaturated/α-hetero) is 1. The highest BCUT2D eigenvalue weighted by molar-refractivity contribution is 8.14. The Bertz CT molecular complexity index is 748. The number of halogens is 1. The molecule has 2 aliphatic rings. The van der Waals surface area contributed by atoms with Crippen LogP contribution in [-0.4, -0.2) is 48.7 Å². The predicted molar refractivity (Wildman–Crippen MR) is 90.7 cm³/mol. The van der Waals surface area contributed by atoms with Gasteiger partial charge in [0.1, 0.15) is 5.78 Å². The summed E-state index contributed by atoms with van der Waals surface area (Å²) >= 11 is 7.40. The van der Waals surface area contributed by atoms with Crippen molar-refractivity contribution in [3.63, 3.8) is 0 Å². The Morgan fingerprint density at radius 3 is 2.91 bits per heavy atom. The lowest BCUT2D eigenvalue weighted by Gasteiger charge is -2.26. The topological polar surface area (TPSA) is 66.8 Å². The van der Waals surface area contributed by atoms with E-state index in [9.17, 15) is 13.2 Å². The number of aliphatic imine (C=N–C) groups is 1. The molecule has 0 unspecified atom stereocenters. The minimum absolute atomic E-state index is 0.0587. The van der Waals surface area contributed by atoms with Gasteiger partial charge in [-0.2, -0.15) is 0 Å². The molecule has 2 atom stereocenters. The quantitative estimate of drug-likeness (QED) is 0.826. The van der Waals surface area contributed by atoms with Crippen LogP contribution in [-0.2, 0) is 14.6 Å². The monoisotopic (exact) mass is 358 g/mol. The number of hydrogen-bond donors (Lipinski definition) is 0. The number of sulfone groups is 1. The lowest BCUT2D eigenvalue weighted by Crippen LogP contribution is -2.39. The fourth-order valence-electron chi connectivity index (χ4n) is 2.73. The van der Waals surface area contributed by atoms with Crippen LogP contribution in [0.2, 0.25) is 5.02 Å². The SMILES string of the molecule is CC(=O)CSC1=N[C@@H]2CS(=O)(=O)C[C@H]2N1c1cccc(Cl)c1. The summed E-state index contributed by atoms with van der Waals surface area (Å²) in [7, 11) is -3.07. The molecule has 1 aromatic carbocycles. The zero-order chi connectivity index (χ0) is 15.9. The fourth-order valence-corrected chi connectivity index (χ4v) is 5.68. The minimum atomic E-state index is -3.07. The maximum atomic E-state index is 11.9. The van der Waals surface area contributed by atoms with E-state index in [2.05, 4.69) is 4.99 Å². The van der Waals surface area contributed by atoms with Crippen LogP contribution >= 0.6 is 23.4 Å². The van der Waals surface area contributed by atoms with Crippen LogP contribution in [0.25, 0.3) is 0 Å². The van der Waals surface area contributed by atoms with Gasteiger partial charge >= 0.3 is 0 Å². The lowest BCUT2D eigenvalue weighted by atomic mass is 10.1. The van der Waals surface area contributed by atoms with Crippen molar-refractivity contribution in [2.24, 2.45) is 4.99 Å². The number of anilines is 1. The molecule has 1 fully saturated rings. The second-order valence-corrected chi connectivity index (χ2v) is 9.00. The number of thioether (sulfide) groups is 1. The molecule has 3 rings (SSSR count). The molecule has 1 saturated heterocycles. The Kier molecular flexibility index (Phi) is 4.22. The summed E-state index contributed by atoms with van der Waals surface area (Å²) in [5.41, 5.74) is 0.812. The largest absolute Gasteiger partial charge is 0.315 e. The molecule has 0 amide bonds. The molecule has 2 aliphatic heterocycles. The van der Waals surface area contributed by atoms with Gasteiger partial charge in [0, 0.05) is 10.7 Å². The molecular formula is C14H15ClN2O3S2. The highest BCUT2D eigenvalue weighted by Crippen LogP contribution is 2.35. The number of ketones is 1. The molecule has 0 spiro atoms. The molecule has 0 bridgehead atoms. The lowest BCUT2D eigenvalue weighted by molar-refractivity contribution is -0.114. The third kappa shape index (κ3) is 3.16. The highest BCUT2D eigenvalue weighted by atomic mass is 35.5. The van der Waals surface area contributed by atoms with Gasteiger partial charge in [0.25, 0.3) is 0 Å². The molecule has 0 aliphatic carbocycles. The van der Waals surface area contributed by atoms with Crippen molar-refractivity contribution in [3.05, 3.63) is 29.3 Å². The van der Waals surface area contributed by atoms with Crippen molar-refractivity contribution < 1.29 is 13.2 Å². The number of carbonyl (C=O) groups excluding carboxylic acids is 1. The zero-order valence-electron chi connectivity index (χ0n) is 11.9. The van der Waals surface area contributed by atoms with E-state index < -0.39 is 9.84 Å². The number of hydrogen-bond acceptors (Lipinski definition) is 6. The van der Waals surface area contributed by atoms with E-state index in [0.29, 0.717) is 15.9 Å². The standard InChI is InChI=1S/C14H15ClN2O3S2/c1-9(18)6-21-14-16-12-7-22(19,20)8-13(12)17(14)11-4-2-3-10(15)5-11/h2-5,12-13H,6-8H2,1H3/t12-,13-/m1/s1. The Morgan fingerprint density at radius 2 is 2.23 bits per heavy atom. The van der Waals surface area contributed by atoms with Crippen LogP contribution in [0.3, 0.4) is 0 Å². The first-order valence-corrected chi connectivity index (χ1v) is 9.99. The molecule has 0 N–H and O–H groups in total. The average molecular weight is 359 g/mol. The van der Waals surface area contributed by atoms with Crippen LogP contribution < -0.4 is 4.90 Å². The molecule has 0 saturated carbocycles. The van der Waals surface area contributed by atoms with Crippen molar-refractivity contribution in [2.75, 3.05) is 22.2 Å². The van der Waals surface area contributed by atoms with E-state index in [-0.39, 0.29) is 29.4 Å². The van der Waals surface area contributed by atoms with Crippen LogP contribution in [0, 0.1) is 0 Å². The molecule has 1 aromatic rings. The van der Waals surface area contributed by atoms with Gasteiger partial charge in [-0.25, -0.2) is 8.42 Å². The van der Waals surface area contributed by atoms with Gasteiger partial charge in [-0.3, -0.25) is 9.79 Å². The van der Waals surface area contributed by atoms with Crippen molar-refractivity contribution >= 4 is 49.8 Å². The van der Waals surface area contributed by atoms with E-state index in [4.69, 9.17) is 11.6 Å². The van der Waals surface area contributed by atoms with Crippen molar-refractivity contribution in [3.8, 4) is 0 Å². The van der Waals surface area contributed by atoms with E-state index in [0.717, 1.165) is 5.69 Å². The molecular weight excluding hydrogens is 344 g/mol. The van der Waals surface area contributed by atoms with Gasteiger partial charge in [0.2, 0.25) is 0 Å². The number of benzene rings is 1. The van der Waals surface area contributed by atoms with Crippen LogP contribution in [0.4, 0.5) is 5.69 Å². The fraction of sp³-hybridized carbons (Fsp3) is 0.429. The summed E-state index contributed by atoms with van der Waals surface area (Å²) in [6.07, 6.45) is 0. The summed E-state index contributed by atoms with van der Waals surface area (Å²) in [6, 6.07) is 6.78. The Balaban J connectivity index is 1.95. The maximum Gasteiger partial charge on any atom is 0.164 e.